The van der Waals surface area contributed by atoms with Crippen molar-refractivity contribution in [2.75, 3.05) is 11.5 Å². The minimum atomic E-state index is -0.899. The number of nitrogen functional groups attached to an aromatic ring is 2. The van der Waals surface area contributed by atoms with Gasteiger partial charge in [0.2, 0.25) is 0 Å². The summed E-state index contributed by atoms with van der Waals surface area (Å²) in [6.07, 6.45) is 11.9. The molecule has 0 spiro atoms. The van der Waals surface area contributed by atoms with Crippen molar-refractivity contribution in [1.29, 1.82) is 0 Å². The fraction of sp³-hybridized carbons (Fsp3) is 0.0968. The van der Waals surface area contributed by atoms with Crippen LogP contribution in [-0.2, 0) is 5.41 Å². The molecule has 0 saturated heterocycles. The number of terminal acetylenes is 2. The number of anilines is 2. The van der Waals surface area contributed by atoms with Gasteiger partial charge in [0.15, 0.2) is 0 Å². The number of hydrogen-bond acceptors (Lipinski definition) is 4. The van der Waals surface area contributed by atoms with Crippen molar-refractivity contribution in [2.45, 2.75) is 19.3 Å². The van der Waals surface area contributed by atoms with Crippen LogP contribution in [0.1, 0.15) is 44.5 Å². The Labute approximate surface area is 204 Å². The highest BCUT2D eigenvalue weighted by Gasteiger charge is 2.48. The summed E-state index contributed by atoms with van der Waals surface area (Å²) in [6, 6.07) is 19.1. The summed E-state index contributed by atoms with van der Waals surface area (Å²) in [7, 11) is 0. The molecular weight excluding hydrogens is 432 g/mol. The molecule has 0 unspecified atom stereocenters. The third-order valence-corrected chi connectivity index (χ3v) is 7.02. The van der Waals surface area contributed by atoms with Gasteiger partial charge in [0.1, 0.15) is 11.5 Å². The molecule has 4 heteroatoms. The summed E-state index contributed by atoms with van der Waals surface area (Å²) >= 11 is 0. The van der Waals surface area contributed by atoms with Crippen molar-refractivity contribution >= 4 is 11.4 Å². The van der Waals surface area contributed by atoms with Crippen LogP contribution < -0.4 is 11.5 Å². The van der Waals surface area contributed by atoms with Crippen molar-refractivity contribution in [2.24, 2.45) is 0 Å². The molecule has 1 aliphatic rings. The summed E-state index contributed by atoms with van der Waals surface area (Å²) in [6.45, 7) is 3.62. The average Bonchev–Trinajstić information content (AvgIpc) is 3.16. The van der Waals surface area contributed by atoms with Crippen LogP contribution in [0.15, 0.2) is 60.7 Å². The van der Waals surface area contributed by atoms with Crippen LogP contribution in [0.3, 0.4) is 0 Å². The van der Waals surface area contributed by atoms with Crippen molar-refractivity contribution in [3.05, 3.63) is 105 Å². The molecule has 0 aromatic heterocycles. The zero-order valence-electron chi connectivity index (χ0n) is 19.5. The second-order valence-corrected chi connectivity index (χ2v) is 8.96. The van der Waals surface area contributed by atoms with E-state index in [-0.39, 0.29) is 22.9 Å². The standard InChI is InChI=1S/C31H24N2O2/c1-5-19-9-7-11-23-27(19)28-20(6-2)10-8-12-24(28)31(23,21-13-17(3)29(34)25(32)15-21)22-14-18(4)30(35)26(33)16-22/h1-2,7-16,34-35H,32-33H2,3-4H3. The van der Waals surface area contributed by atoms with Crippen LogP contribution in [0.5, 0.6) is 11.5 Å². The number of rotatable bonds is 2. The lowest BCUT2D eigenvalue weighted by Gasteiger charge is -2.35. The molecule has 0 atom stereocenters. The predicted molar refractivity (Wildman–Crippen MR) is 141 cm³/mol. The molecule has 0 amide bonds. The first kappa shape index (κ1) is 22.0. The Bertz CT molecular complexity index is 1460. The highest BCUT2D eigenvalue weighted by Crippen LogP contribution is 2.59. The Morgan fingerprint density at radius 3 is 1.43 bits per heavy atom. The maximum atomic E-state index is 10.5. The van der Waals surface area contributed by atoms with E-state index in [2.05, 4.69) is 11.8 Å². The van der Waals surface area contributed by atoms with Gasteiger partial charge in [-0.05, 0) is 71.5 Å². The maximum Gasteiger partial charge on any atom is 0.141 e. The zero-order valence-corrected chi connectivity index (χ0v) is 19.5. The second kappa shape index (κ2) is 7.62. The Hall–Kier alpha value is -4.80. The largest absolute Gasteiger partial charge is 0.506 e. The third kappa shape index (κ3) is 2.84. The number of phenols is 2. The molecule has 0 heterocycles. The van der Waals surface area contributed by atoms with Crippen molar-refractivity contribution in [3.63, 3.8) is 0 Å². The first-order valence-corrected chi connectivity index (χ1v) is 11.1. The van der Waals surface area contributed by atoms with Gasteiger partial charge < -0.3 is 21.7 Å². The van der Waals surface area contributed by atoms with E-state index in [1.165, 1.54) is 0 Å². The summed E-state index contributed by atoms with van der Waals surface area (Å²) in [5.74, 6) is 5.73. The molecule has 1 aliphatic carbocycles. The van der Waals surface area contributed by atoms with E-state index < -0.39 is 5.41 Å². The van der Waals surface area contributed by atoms with Gasteiger partial charge in [-0.1, -0.05) is 48.2 Å². The number of nitrogens with two attached hydrogens (primary N) is 2. The lowest BCUT2D eigenvalue weighted by atomic mass is 9.66. The third-order valence-electron chi connectivity index (χ3n) is 7.02. The van der Waals surface area contributed by atoms with Crippen LogP contribution in [0, 0.1) is 38.5 Å². The van der Waals surface area contributed by atoms with Crippen molar-refractivity contribution in [1.82, 2.24) is 0 Å². The van der Waals surface area contributed by atoms with Crippen LogP contribution in [-0.4, -0.2) is 10.2 Å². The van der Waals surface area contributed by atoms with E-state index >= 15 is 0 Å². The minimum Gasteiger partial charge on any atom is -0.506 e. The second-order valence-electron chi connectivity index (χ2n) is 8.96. The molecule has 5 rings (SSSR count). The van der Waals surface area contributed by atoms with E-state index in [0.717, 1.165) is 44.5 Å². The van der Waals surface area contributed by atoms with Gasteiger partial charge in [-0.2, -0.15) is 0 Å². The molecule has 4 nitrogen and oxygen atoms in total. The van der Waals surface area contributed by atoms with E-state index in [4.69, 9.17) is 24.3 Å². The van der Waals surface area contributed by atoms with Gasteiger partial charge in [0.05, 0.1) is 16.8 Å². The Balaban J connectivity index is 2.08. The van der Waals surface area contributed by atoms with Gasteiger partial charge >= 0.3 is 0 Å². The quantitative estimate of drug-likeness (QED) is 0.167. The number of hydrogen-bond donors (Lipinski definition) is 4. The zero-order chi connectivity index (χ0) is 25.1. The minimum absolute atomic E-state index is 0.0403. The molecule has 4 aromatic rings. The molecule has 0 aliphatic heterocycles. The summed E-state index contributed by atoms with van der Waals surface area (Å²) < 4.78 is 0. The SMILES string of the molecule is C#Cc1cccc2c1-c1c(C#C)cccc1C2(c1cc(C)c(O)c(N)c1)c1cc(C)c(O)c(N)c1. The van der Waals surface area contributed by atoms with Gasteiger partial charge in [-0.15, -0.1) is 12.8 Å². The molecular formula is C31H24N2O2. The lowest BCUT2D eigenvalue weighted by Crippen LogP contribution is -2.29. The number of benzene rings is 4. The number of fused-ring (bicyclic) bond motifs is 3. The van der Waals surface area contributed by atoms with Crippen LogP contribution in [0.25, 0.3) is 11.1 Å². The first-order chi connectivity index (χ1) is 16.7. The maximum absolute atomic E-state index is 10.5. The Morgan fingerprint density at radius 2 is 1.09 bits per heavy atom. The molecule has 0 radical (unpaired) electrons. The van der Waals surface area contributed by atoms with Gasteiger partial charge in [0, 0.05) is 22.3 Å². The molecule has 0 fully saturated rings. The van der Waals surface area contributed by atoms with E-state index in [1.807, 2.05) is 62.4 Å². The van der Waals surface area contributed by atoms with Crippen LogP contribution in [0.4, 0.5) is 11.4 Å². The topological polar surface area (TPSA) is 92.5 Å². The van der Waals surface area contributed by atoms with Crippen molar-refractivity contribution < 1.29 is 10.2 Å². The van der Waals surface area contributed by atoms with Gasteiger partial charge in [-0.25, -0.2) is 0 Å². The first-order valence-electron chi connectivity index (χ1n) is 11.1. The summed E-state index contributed by atoms with van der Waals surface area (Å²) in [5, 5.41) is 21.0. The van der Waals surface area contributed by atoms with E-state index in [9.17, 15) is 10.2 Å². The van der Waals surface area contributed by atoms with Gasteiger partial charge in [0.25, 0.3) is 0 Å². The van der Waals surface area contributed by atoms with Crippen molar-refractivity contribution in [3.8, 4) is 47.3 Å². The number of aromatic hydroxyl groups is 2. The number of phenolic OH excluding ortho intramolecular Hbond substituents is 2. The highest BCUT2D eigenvalue weighted by atomic mass is 16.3. The molecule has 6 N–H and O–H groups in total. The highest BCUT2D eigenvalue weighted by molar-refractivity contribution is 5.93. The molecule has 4 aromatic carbocycles. The summed E-state index contributed by atoms with van der Waals surface area (Å²) in [5.41, 5.74) is 20.2. The van der Waals surface area contributed by atoms with Crippen LogP contribution >= 0.6 is 0 Å². The Morgan fingerprint density at radius 1 is 0.686 bits per heavy atom. The smallest absolute Gasteiger partial charge is 0.141 e. The van der Waals surface area contributed by atoms with E-state index in [0.29, 0.717) is 11.1 Å². The van der Waals surface area contributed by atoms with Crippen LogP contribution in [0.2, 0.25) is 0 Å². The fourth-order valence-electron chi connectivity index (χ4n) is 5.49. The molecule has 170 valence electrons. The average molecular weight is 457 g/mol. The number of aryl methyl sites for hydroxylation is 2. The molecule has 35 heavy (non-hydrogen) atoms. The summed E-state index contributed by atoms with van der Waals surface area (Å²) in [4.78, 5) is 0. The molecule has 0 bridgehead atoms. The Kier molecular flexibility index (Phi) is 4.79. The monoisotopic (exact) mass is 456 g/mol. The predicted octanol–water partition coefficient (Wildman–Crippen LogP) is 5.20. The lowest BCUT2D eigenvalue weighted by molar-refractivity contribution is 0.473. The normalized spacial score (nSPS) is 12.9. The van der Waals surface area contributed by atoms with Gasteiger partial charge in [-0.3, -0.25) is 0 Å². The molecule has 0 saturated carbocycles. The van der Waals surface area contributed by atoms with E-state index in [1.54, 1.807) is 12.1 Å². The fourth-order valence-corrected chi connectivity index (χ4v) is 5.49.